The minimum atomic E-state index is -1.16. The summed E-state index contributed by atoms with van der Waals surface area (Å²) in [5.74, 6) is 2.46. The number of carbonyl (C=O) groups excluding carboxylic acids is 1. The first-order chi connectivity index (χ1) is 16.0. The lowest BCUT2D eigenvalue weighted by Gasteiger charge is -2.12. The molecule has 0 aliphatic heterocycles. The van der Waals surface area contributed by atoms with Gasteiger partial charge in [0, 0.05) is 28.1 Å². The van der Waals surface area contributed by atoms with E-state index in [1.54, 1.807) is 24.3 Å². The van der Waals surface area contributed by atoms with Gasteiger partial charge in [0.1, 0.15) is 5.76 Å². The van der Waals surface area contributed by atoms with E-state index in [4.69, 9.17) is 25.5 Å². The number of ether oxygens (including phenoxy) is 2. The summed E-state index contributed by atoms with van der Waals surface area (Å²) in [6, 6.07) is 16.3. The second-order valence-corrected chi connectivity index (χ2v) is 9.17. The number of rotatable bonds is 12. The lowest BCUT2D eigenvalue weighted by Crippen LogP contribution is -2.25. The molecule has 0 spiro atoms. The van der Waals surface area contributed by atoms with Crippen LogP contribution in [0.15, 0.2) is 59.0 Å². The third kappa shape index (κ3) is 7.65. The van der Waals surface area contributed by atoms with Gasteiger partial charge in [-0.2, -0.15) is 0 Å². The number of nitrogens with one attached hydrogen (secondary N) is 1. The van der Waals surface area contributed by atoms with E-state index in [1.165, 1.54) is 0 Å². The van der Waals surface area contributed by atoms with E-state index >= 15 is 0 Å². The Kier molecular flexibility index (Phi) is 9.39. The van der Waals surface area contributed by atoms with E-state index in [2.05, 4.69) is 5.32 Å². The van der Waals surface area contributed by atoms with Crippen molar-refractivity contribution in [2.24, 2.45) is 0 Å². The molecule has 2 aromatic carbocycles. The van der Waals surface area contributed by atoms with Crippen LogP contribution in [0.3, 0.4) is 0 Å². The van der Waals surface area contributed by atoms with Gasteiger partial charge in [-0.3, -0.25) is 9.00 Å². The Morgan fingerprint density at radius 2 is 1.64 bits per heavy atom. The molecule has 1 atom stereocenters. The Hall–Kier alpha value is -2.77. The van der Waals surface area contributed by atoms with Crippen LogP contribution in [0.1, 0.15) is 41.3 Å². The van der Waals surface area contributed by atoms with E-state index < -0.39 is 10.8 Å². The van der Waals surface area contributed by atoms with Crippen LogP contribution in [-0.2, 0) is 28.7 Å². The van der Waals surface area contributed by atoms with Crippen LogP contribution >= 0.6 is 11.6 Å². The average Bonchev–Trinajstić information content (AvgIpc) is 3.26. The molecule has 1 heterocycles. The fraction of sp³-hybridized carbons (Fsp3) is 0.320. The lowest BCUT2D eigenvalue weighted by molar-refractivity contribution is 0.0925. The van der Waals surface area contributed by atoms with Crippen LogP contribution in [-0.4, -0.2) is 29.9 Å². The third-order valence-corrected chi connectivity index (χ3v) is 6.25. The van der Waals surface area contributed by atoms with Crippen LogP contribution in [0, 0.1) is 0 Å². The molecule has 176 valence electrons. The standard InChI is InChI=1S/C25H28ClNO5S/c1-3-30-22-11-7-18(15-24(22)31-4-2)13-14-27-25(28)23-12-10-21(32-23)17-33(29)16-19-5-8-20(26)9-6-19/h5-12,15H,3-4,13-14,16-17H2,1-2H3,(H,27,28)/t33-/m1/s1. The van der Waals surface area contributed by atoms with Gasteiger partial charge in [-0.1, -0.05) is 29.8 Å². The second-order valence-electron chi connectivity index (χ2n) is 7.27. The van der Waals surface area contributed by atoms with Crippen LogP contribution in [0.5, 0.6) is 11.5 Å². The highest BCUT2D eigenvalue weighted by molar-refractivity contribution is 7.83. The molecule has 3 aromatic rings. The van der Waals surface area contributed by atoms with Crippen LogP contribution in [0.4, 0.5) is 0 Å². The highest BCUT2D eigenvalue weighted by atomic mass is 35.5. The maximum Gasteiger partial charge on any atom is 0.287 e. The first-order valence-electron chi connectivity index (χ1n) is 10.8. The van der Waals surface area contributed by atoms with E-state index in [1.807, 2.05) is 44.2 Å². The van der Waals surface area contributed by atoms with Gasteiger partial charge < -0.3 is 19.2 Å². The van der Waals surface area contributed by atoms with Crippen molar-refractivity contribution in [3.05, 3.63) is 82.3 Å². The molecular weight excluding hydrogens is 462 g/mol. The molecule has 0 aliphatic rings. The van der Waals surface area contributed by atoms with Gasteiger partial charge in [0.25, 0.3) is 5.91 Å². The summed E-state index contributed by atoms with van der Waals surface area (Å²) in [5, 5.41) is 3.50. The normalized spacial score (nSPS) is 11.7. The molecule has 1 N–H and O–H groups in total. The van der Waals surface area contributed by atoms with Crippen molar-refractivity contribution in [3.8, 4) is 11.5 Å². The van der Waals surface area contributed by atoms with Crippen molar-refractivity contribution in [3.63, 3.8) is 0 Å². The van der Waals surface area contributed by atoms with Crippen molar-refractivity contribution in [1.82, 2.24) is 5.32 Å². The van der Waals surface area contributed by atoms with E-state index in [0.717, 1.165) is 11.1 Å². The SMILES string of the molecule is CCOc1ccc(CCNC(=O)c2ccc(C[S@](=O)Cc3ccc(Cl)cc3)o2)cc1OCC. The molecule has 8 heteroatoms. The maximum absolute atomic E-state index is 12.4. The Balaban J connectivity index is 1.49. The zero-order valence-corrected chi connectivity index (χ0v) is 20.3. The molecule has 0 unspecified atom stereocenters. The molecule has 1 amide bonds. The first-order valence-corrected chi connectivity index (χ1v) is 12.7. The van der Waals surface area contributed by atoms with Crippen LogP contribution < -0.4 is 14.8 Å². The summed E-state index contributed by atoms with van der Waals surface area (Å²) in [6.45, 7) is 5.40. The summed E-state index contributed by atoms with van der Waals surface area (Å²) in [5.41, 5.74) is 1.96. The molecule has 0 bridgehead atoms. The average molecular weight is 490 g/mol. The Morgan fingerprint density at radius 3 is 2.36 bits per heavy atom. The van der Waals surface area contributed by atoms with Crippen molar-refractivity contribution < 1.29 is 22.9 Å². The van der Waals surface area contributed by atoms with E-state index in [-0.39, 0.29) is 17.4 Å². The molecule has 0 saturated carbocycles. The van der Waals surface area contributed by atoms with Crippen molar-refractivity contribution in [2.45, 2.75) is 31.8 Å². The first kappa shape index (κ1) is 24.9. The summed E-state index contributed by atoms with van der Waals surface area (Å²) in [6.07, 6.45) is 0.636. The summed E-state index contributed by atoms with van der Waals surface area (Å²) >= 11 is 5.88. The van der Waals surface area contributed by atoms with Crippen LogP contribution in [0.2, 0.25) is 5.02 Å². The smallest absolute Gasteiger partial charge is 0.287 e. The Bertz CT molecular complexity index is 1080. The quantitative estimate of drug-likeness (QED) is 0.380. The molecule has 1 aromatic heterocycles. The molecule has 0 fully saturated rings. The summed E-state index contributed by atoms with van der Waals surface area (Å²) in [7, 11) is -1.16. The van der Waals surface area contributed by atoms with Gasteiger partial charge in [0.05, 0.1) is 19.0 Å². The zero-order valence-electron chi connectivity index (χ0n) is 18.8. The largest absolute Gasteiger partial charge is 0.490 e. The van der Waals surface area contributed by atoms with Gasteiger partial charge in [-0.25, -0.2) is 0 Å². The minimum absolute atomic E-state index is 0.204. The summed E-state index contributed by atoms with van der Waals surface area (Å²) in [4.78, 5) is 12.4. The highest BCUT2D eigenvalue weighted by Gasteiger charge is 2.13. The molecule has 6 nitrogen and oxygen atoms in total. The van der Waals surface area contributed by atoms with Gasteiger partial charge in [-0.15, -0.1) is 0 Å². The Labute approximate surface area is 201 Å². The number of hydrogen-bond acceptors (Lipinski definition) is 5. The second kappa shape index (κ2) is 12.5. The molecule has 33 heavy (non-hydrogen) atoms. The predicted molar refractivity (Wildman–Crippen MR) is 131 cm³/mol. The van der Waals surface area contributed by atoms with Gasteiger partial charge in [0.2, 0.25) is 0 Å². The van der Waals surface area contributed by atoms with Crippen molar-refractivity contribution in [1.29, 1.82) is 0 Å². The topological polar surface area (TPSA) is 77.8 Å². The number of amides is 1. The fourth-order valence-electron chi connectivity index (χ4n) is 3.21. The zero-order chi connectivity index (χ0) is 23.6. The number of hydrogen-bond donors (Lipinski definition) is 1. The van der Waals surface area contributed by atoms with Crippen LogP contribution in [0.25, 0.3) is 0 Å². The van der Waals surface area contributed by atoms with E-state index in [0.29, 0.717) is 54.2 Å². The van der Waals surface area contributed by atoms with E-state index in [9.17, 15) is 9.00 Å². The fourth-order valence-corrected chi connectivity index (χ4v) is 4.48. The lowest BCUT2D eigenvalue weighted by atomic mass is 10.1. The molecule has 3 rings (SSSR count). The summed E-state index contributed by atoms with van der Waals surface area (Å²) < 4.78 is 29.2. The minimum Gasteiger partial charge on any atom is -0.490 e. The van der Waals surface area contributed by atoms with Gasteiger partial charge >= 0.3 is 0 Å². The predicted octanol–water partition coefficient (Wildman–Crippen LogP) is 5.15. The monoisotopic (exact) mass is 489 g/mol. The number of furan rings is 1. The number of carbonyl (C=O) groups is 1. The number of benzene rings is 2. The molecule has 0 radical (unpaired) electrons. The maximum atomic E-state index is 12.4. The number of halogens is 1. The van der Waals surface area contributed by atoms with Gasteiger partial charge in [-0.05, 0) is 67.8 Å². The Morgan fingerprint density at radius 1 is 0.939 bits per heavy atom. The highest BCUT2D eigenvalue weighted by Crippen LogP contribution is 2.28. The third-order valence-electron chi connectivity index (χ3n) is 4.74. The van der Waals surface area contributed by atoms with Crippen molar-refractivity contribution in [2.75, 3.05) is 19.8 Å². The van der Waals surface area contributed by atoms with Gasteiger partial charge in [0.15, 0.2) is 17.3 Å². The van der Waals surface area contributed by atoms with Crippen molar-refractivity contribution >= 4 is 28.3 Å². The molecule has 0 aliphatic carbocycles. The molecule has 0 saturated heterocycles. The molecular formula is C25H28ClNO5S.